The second-order valence-corrected chi connectivity index (χ2v) is 4.45. The maximum absolute atomic E-state index is 11.3. The molecule has 0 bridgehead atoms. The van der Waals surface area contributed by atoms with E-state index in [0.717, 1.165) is 0 Å². The van der Waals surface area contributed by atoms with Gasteiger partial charge in [0.1, 0.15) is 5.60 Å². The minimum absolute atomic E-state index is 0.134. The first-order chi connectivity index (χ1) is 6.38. The van der Waals surface area contributed by atoms with Crippen LogP contribution in [0.5, 0.6) is 0 Å². The predicted molar refractivity (Wildman–Crippen MR) is 52.0 cm³/mol. The zero-order chi connectivity index (χ0) is 10.8. The van der Waals surface area contributed by atoms with E-state index >= 15 is 0 Å². The molecule has 0 aromatic carbocycles. The standard InChI is InChI=1S/C9H18N2O3/c1-9(2,3)14-8(12)11-7-5-13-4-6(7)10/h6-7H,4-5,10H2,1-3H3,(H,11,12)/t6-,7+/m1/s1. The van der Waals surface area contributed by atoms with Crippen molar-refractivity contribution in [3.63, 3.8) is 0 Å². The number of amides is 1. The van der Waals surface area contributed by atoms with Gasteiger partial charge in [-0.05, 0) is 20.8 Å². The molecule has 5 heteroatoms. The fourth-order valence-electron chi connectivity index (χ4n) is 1.18. The minimum Gasteiger partial charge on any atom is -0.444 e. The molecule has 0 aliphatic carbocycles. The van der Waals surface area contributed by atoms with Gasteiger partial charge < -0.3 is 20.5 Å². The molecule has 3 N–H and O–H groups in total. The Balaban J connectivity index is 2.33. The van der Waals surface area contributed by atoms with E-state index in [2.05, 4.69) is 5.32 Å². The number of hydrogen-bond donors (Lipinski definition) is 2. The average molecular weight is 202 g/mol. The molecule has 0 radical (unpaired) electrons. The lowest BCUT2D eigenvalue weighted by atomic mass is 10.2. The summed E-state index contributed by atoms with van der Waals surface area (Å²) in [6.07, 6.45) is -0.441. The zero-order valence-corrected chi connectivity index (χ0v) is 8.87. The van der Waals surface area contributed by atoms with Crippen molar-refractivity contribution in [3.05, 3.63) is 0 Å². The Labute approximate surface area is 83.9 Å². The highest BCUT2D eigenvalue weighted by atomic mass is 16.6. The molecule has 1 rings (SSSR count). The summed E-state index contributed by atoms with van der Waals surface area (Å²) < 4.78 is 10.2. The number of hydrogen-bond acceptors (Lipinski definition) is 4. The van der Waals surface area contributed by atoms with Crippen LogP contribution in [-0.4, -0.2) is 37.0 Å². The minimum atomic E-state index is -0.479. The summed E-state index contributed by atoms with van der Waals surface area (Å²) in [7, 11) is 0. The van der Waals surface area contributed by atoms with Gasteiger partial charge in [-0.2, -0.15) is 0 Å². The quantitative estimate of drug-likeness (QED) is 0.638. The Hall–Kier alpha value is -0.810. The highest BCUT2D eigenvalue weighted by Gasteiger charge is 2.28. The monoisotopic (exact) mass is 202 g/mol. The summed E-state index contributed by atoms with van der Waals surface area (Å²) in [5, 5.41) is 2.67. The van der Waals surface area contributed by atoms with Crippen LogP contribution in [0, 0.1) is 0 Å². The van der Waals surface area contributed by atoms with Crippen molar-refractivity contribution in [2.75, 3.05) is 13.2 Å². The van der Waals surface area contributed by atoms with E-state index in [-0.39, 0.29) is 12.1 Å². The Morgan fingerprint density at radius 2 is 2.14 bits per heavy atom. The molecule has 0 spiro atoms. The van der Waals surface area contributed by atoms with Gasteiger partial charge in [-0.1, -0.05) is 0 Å². The van der Waals surface area contributed by atoms with Crippen LogP contribution in [0.3, 0.4) is 0 Å². The SMILES string of the molecule is CC(C)(C)OC(=O)N[C@H]1COC[C@H]1N. The Kier molecular flexibility index (Phi) is 3.34. The third-order valence-corrected chi connectivity index (χ3v) is 1.83. The van der Waals surface area contributed by atoms with Crippen molar-refractivity contribution in [2.24, 2.45) is 5.73 Å². The second kappa shape index (κ2) is 4.14. The summed E-state index contributed by atoms with van der Waals surface area (Å²) in [6, 6.07) is -0.271. The summed E-state index contributed by atoms with van der Waals surface area (Å²) in [5.74, 6) is 0. The molecule has 1 heterocycles. The number of nitrogens with one attached hydrogen (secondary N) is 1. The molecule has 0 aromatic rings. The average Bonchev–Trinajstić information content (AvgIpc) is 2.32. The number of ether oxygens (including phenoxy) is 2. The molecule has 5 nitrogen and oxygen atoms in total. The maximum Gasteiger partial charge on any atom is 0.408 e. The van der Waals surface area contributed by atoms with Crippen molar-refractivity contribution in [2.45, 2.75) is 38.5 Å². The molecule has 1 saturated heterocycles. The normalized spacial score (nSPS) is 27.4. The molecule has 0 unspecified atom stereocenters. The Bertz CT molecular complexity index is 213. The fourth-order valence-corrected chi connectivity index (χ4v) is 1.18. The molecule has 1 aliphatic heterocycles. The lowest BCUT2D eigenvalue weighted by Crippen LogP contribution is -2.48. The predicted octanol–water partition coefficient (Wildman–Crippen LogP) is 0.237. The van der Waals surface area contributed by atoms with Gasteiger partial charge in [0.15, 0.2) is 0 Å². The highest BCUT2D eigenvalue weighted by Crippen LogP contribution is 2.08. The van der Waals surface area contributed by atoms with Gasteiger partial charge in [-0.3, -0.25) is 0 Å². The van der Waals surface area contributed by atoms with E-state index in [1.807, 2.05) is 20.8 Å². The van der Waals surface area contributed by atoms with Gasteiger partial charge in [0, 0.05) is 0 Å². The second-order valence-electron chi connectivity index (χ2n) is 4.45. The third kappa shape index (κ3) is 3.51. The van der Waals surface area contributed by atoms with Crippen LogP contribution in [0.1, 0.15) is 20.8 Å². The molecule has 1 fully saturated rings. The third-order valence-electron chi connectivity index (χ3n) is 1.83. The van der Waals surface area contributed by atoms with Crippen molar-refractivity contribution in [1.82, 2.24) is 5.32 Å². The van der Waals surface area contributed by atoms with E-state index in [1.54, 1.807) is 0 Å². The van der Waals surface area contributed by atoms with Crippen LogP contribution in [0.15, 0.2) is 0 Å². The first-order valence-electron chi connectivity index (χ1n) is 4.71. The van der Waals surface area contributed by atoms with Gasteiger partial charge in [0.05, 0.1) is 25.3 Å². The molecule has 14 heavy (non-hydrogen) atoms. The van der Waals surface area contributed by atoms with Crippen molar-refractivity contribution in [3.8, 4) is 0 Å². The molecule has 1 aliphatic rings. The summed E-state index contributed by atoms with van der Waals surface area (Å²) in [5.41, 5.74) is 5.22. The highest BCUT2D eigenvalue weighted by molar-refractivity contribution is 5.68. The smallest absolute Gasteiger partial charge is 0.408 e. The van der Waals surface area contributed by atoms with Gasteiger partial charge in [0.2, 0.25) is 0 Å². The number of carbonyl (C=O) groups excluding carboxylic acids is 1. The summed E-state index contributed by atoms with van der Waals surface area (Å²) >= 11 is 0. The topological polar surface area (TPSA) is 73.6 Å². The number of rotatable bonds is 1. The van der Waals surface area contributed by atoms with Gasteiger partial charge in [-0.25, -0.2) is 4.79 Å². The first kappa shape index (κ1) is 11.3. The van der Waals surface area contributed by atoms with Gasteiger partial charge >= 0.3 is 6.09 Å². The Morgan fingerprint density at radius 3 is 2.57 bits per heavy atom. The zero-order valence-electron chi connectivity index (χ0n) is 8.87. The van der Waals surface area contributed by atoms with Crippen LogP contribution in [0.2, 0.25) is 0 Å². The summed E-state index contributed by atoms with van der Waals surface area (Å²) in [6.45, 7) is 6.40. The van der Waals surface area contributed by atoms with E-state index in [9.17, 15) is 4.79 Å². The molecule has 0 saturated carbocycles. The van der Waals surface area contributed by atoms with Crippen molar-refractivity contribution < 1.29 is 14.3 Å². The number of nitrogens with two attached hydrogens (primary N) is 1. The molecule has 1 amide bonds. The number of alkyl carbamates (subject to hydrolysis) is 1. The lowest BCUT2D eigenvalue weighted by molar-refractivity contribution is 0.0496. The Morgan fingerprint density at radius 1 is 1.50 bits per heavy atom. The molecule has 82 valence electrons. The van der Waals surface area contributed by atoms with E-state index in [4.69, 9.17) is 15.2 Å². The van der Waals surface area contributed by atoms with E-state index in [0.29, 0.717) is 13.2 Å². The van der Waals surface area contributed by atoms with E-state index < -0.39 is 11.7 Å². The molecule has 0 aromatic heterocycles. The van der Waals surface area contributed by atoms with Crippen LogP contribution in [-0.2, 0) is 9.47 Å². The molecular formula is C9H18N2O3. The maximum atomic E-state index is 11.3. The number of carbonyl (C=O) groups is 1. The largest absolute Gasteiger partial charge is 0.444 e. The van der Waals surface area contributed by atoms with Crippen LogP contribution < -0.4 is 11.1 Å². The fraction of sp³-hybridized carbons (Fsp3) is 0.889. The lowest BCUT2D eigenvalue weighted by Gasteiger charge is -2.22. The van der Waals surface area contributed by atoms with E-state index in [1.165, 1.54) is 0 Å². The van der Waals surface area contributed by atoms with Gasteiger partial charge in [0.25, 0.3) is 0 Å². The van der Waals surface area contributed by atoms with Crippen LogP contribution in [0.4, 0.5) is 4.79 Å². The van der Waals surface area contributed by atoms with Crippen LogP contribution >= 0.6 is 0 Å². The summed E-state index contributed by atoms with van der Waals surface area (Å²) in [4.78, 5) is 11.3. The van der Waals surface area contributed by atoms with Crippen molar-refractivity contribution >= 4 is 6.09 Å². The molecule has 2 atom stereocenters. The van der Waals surface area contributed by atoms with Crippen molar-refractivity contribution in [1.29, 1.82) is 0 Å². The van der Waals surface area contributed by atoms with Gasteiger partial charge in [-0.15, -0.1) is 0 Å². The van der Waals surface area contributed by atoms with Crippen LogP contribution in [0.25, 0.3) is 0 Å². The first-order valence-corrected chi connectivity index (χ1v) is 4.71. The molecular weight excluding hydrogens is 184 g/mol.